The van der Waals surface area contributed by atoms with Gasteiger partial charge in [0.1, 0.15) is 17.9 Å². The molecule has 164 valence electrons. The van der Waals surface area contributed by atoms with Gasteiger partial charge in [0.2, 0.25) is 0 Å². The van der Waals surface area contributed by atoms with Crippen LogP contribution in [0, 0.1) is 18.3 Å². The smallest absolute Gasteiger partial charge is 0.408 e. The molecule has 4 rings (SSSR count). The third kappa shape index (κ3) is 3.58. The van der Waals surface area contributed by atoms with Crippen LogP contribution in [0.15, 0.2) is 30.4 Å². The Bertz CT molecular complexity index is 1100. The van der Waals surface area contributed by atoms with Gasteiger partial charge in [0.05, 0.1) is 29.6 Å². The standard InChI is InChI=1S/C24H26F3N3O/c1-15-12-21-18(13-22(15)31-3)19(14-28)23(30(21)17-8-4-5-9-17)20-10-6-7-11-29(20)16(2)24(25,26)27/h6-7,10,12-13,16-17H,4-5,8-9,11H2,1-3H3/t16-/m1/s1. The molecule has 1 fully saturated rings. The summed E-state index contributed by atoms with van der Waals surface area (Å²) in [6, 6.07) is 4.62. The summed E-state index contributed by atoms with van der Waals surface area (Å²) in [4.78, 5) is 1.35. The van der Waals surface area contributed by atoms with E-state index in [1.165, 1.54) is 11.8 Å². The van der Waals surface area contributed by atoms with Crippen molar-refractivity contribution in [2.24, 2.45) is 0 Å². The number of fused-ring (bicyclic) bond motifs is 1. The van der Waals surface area contributed by atoms with Crippen LogP contribution in [0.4, 0.5) is 13.2 Å². The number of hydrogen-bond donors (Lipinski definition) is 0. The summed E-state index contributed by atoms with van der Waals surface area (Å²) >= 11 is 0. The molecule has 0 radical (unpaired) electrons. The molecular weight excluding hydrogens is 403 g/mol. The van der Waals surface area contributed by atoms with Crippen molar-refractivity contribution in [2.75, 3.05) is 13.7 Å². The lowest BCUT2D eigenvalue weighted by Gasteiger charge is -2.36. The van der Waals surface area contributed by atoms with Gasteiger partial charge in [-0.25, -0.2) is 0 Å². The lowest BCUT2D eigenvalue weighted by Crippen LogP contribution is -2.43. The number of halogens is 3. The number of allylic oxidation sites excluding steroid dienone is 2. The second-order valence-corrected chi connectivity index (χ2v) is 8.33. The van der Waals surface area contributed by atoms with Gasteiger partial charge in [-0.1, -0.05) is 25.0 Å². The summed E-state index contributed by atoms with van der Waals surface area (Å²) in [5, 5.41) is 10.9. The van der Waals surface area contributed by atoms with Crippen LogP contribution in [0.5, 0.6) is 5.75 Å². The van der Waals surface area contributed by atoms with Crippen LogP contribution in [0.2, 0.25) is 0 Å². The number of aryl methyl sites for hydroxylation is 1. The molecule has 1 aliphatic carbocycles. The zero-order chi connectivity index (χ0) is 22.3. The molecule has 2 aromatic rings. The number of hydrogen-bond acceptors (Lipinski definition) is 3. The molecule has 0 saturated heterocycles. The maximum atomic E-state index is 13.7. The second kappa shape index (κ2) is 7.99. The lowest BCUT2D eigenvalue weighted by atomic mass is 10.0. The molecule has 0 N–H and O–H groups in total. The molecule has 0 bridgehead atoms. The van der Waals surface area contributed by atoms with E-state index in [1.54, 1.807) is 25.3 Å². The first kappa shape index (κ1) is 21.4. The molecule has 1 saturated carbocycles. The molecule has 0 amide bonds. The van der Waals surface area contributed by atoms with Crippen LogP contribution in [-0.4, -0.2) is 35.3 Å². The maximum Gasteiger partial charge on any atom is 0.408 e. The summed E-state index contributed by atoms with van der Waals surface area (Å²) in [7, 11) is 1.58. The molecule has 1 aromatic heterocycles. The Hall–Kier alpha value is -2.88. The van der Waals surface area contributed by atoms with Gasteiger partial charge in [0.15, 0.2) is 0 Å². The third-order valence-electron chi connectivity index (χ3n) is 6.51. The Kier molecular flexibility index (Phi) is 5.50. The predicted molar refractivity (Wildman–Crippen MR) is 115 cm³/mol. The molecule has 7 heteroatoms. The number of methoxy groups -OCH3 is 1. The lowest BCUT2D eigenvalue weighted by molar-refractivity contribution is -0.169. The minimum atomic E-state index is -4.37. The highest BCUT2D eigenvalue weighted by Gasteiger charge is 2.42. The van der Waals surface area contributed by atoms with E-state index >= 15 is 0 Å². The fourth-order valence-electron chi connectivity index (χ4n) is 4.85. The van der Waals surface area contributed by atoms with E-state index in [0.29, 0.717) is 22.7 Å². The summed E-state index contributed by atoms with van der Waals surface area (Å²) in [5.41, 5.74) is 3.25. The van der Waals surface area contributed by atoms with Gasteiger partial charge >= 0.3 is 6.18 Å². The van der Waals surface area contributed by atoms with Crippen LogP contribution in [0.1, 0.15) is 55.5 Å². The summed E-state index contributed by atoms with van der Waals surface area (Å²) in [5.74, 6) is 0.664. The fourth-order valence-corrected chi connectivity index (χ4v) is 4.85. The Balaban J connectivity index is 2.02. The van der Waals surface area contributed by atoms with Gasteiger partial charge in [0, 0.05) is 18.0 Å². The first-order valence-corrected chi connectivity index (χ1v) is 10.6. The monoisotopic (exact) mass is 429 g/mol. The third-order valence-corrected chi connectivity index (χ3v) is 6.51. The molecule has 2 aliphatic rings. The van der Waals surface area contributed by atoms with Crippen molar-refractivity contribution in [2.45, 2.75) is 57.8 Å². The Labute approximate surface area is 180 Å². The van der Waals surface area contributed by atoms with Gasteiger partial charge in [-0.3, -0.25) is 0 Å². The predicted octanol–water partition coefficient (Wildman–Crippen LogP) is 6.11. The van der Waals surface area contributed by atoms with Crippen molar-refractivity contribution < 1.29 is 17.9 Å². The number of alkyl halides is 3. The van der Waals surface area contributed by atoms with Crippen molar-refractivity contribution in [3.63, 3.8) is 0 Å². The minimum Gasteiger partial charge on any atom is -0.496 e. The van der Waals surface area contributed by atoms with Crippen molar-refractivity contribution >= 4 is 16.6 Å². The summed E-state index contributed by atoms with van der Waals surface area (Å²) < 4.78 is 48.6. The number of benzene rings is 1. The molecule has 0 unspecified atom stereocenters. The van der Waals surface area contributed by atoms with E-state index in [2.05, 4.69) is 10.6 Å². The van der Waals surface area contributed by atoms with Crippen molar-refractivity contribution in [3.8, 4) is 11.8 Å². The van der Waals surface area contributed by atoms with E-state index in [9.17, 15) is 18.4 Å². The van der Waals surface area contributed by atoms with Gasteiger partial charge in [-0.15, -0.1) is 0 Å². The van der Waals surface area contributed by atoms with E-state index in [1.807, 2.05) is 19.1 Å². The van der Waals surface area contributed by atoms with Gasteiger partial charge in [-0.2, -0.15) is 18.4 Å². The molecule has 1 aliphatic heterocycles. The normalized spacial score (nSPS) is 18.4. The quantitative estimate of drug-likeness (QED) is 0.589. The highest BCUT2D eigenvalue weighted by Crippen LogP contribution is 2.43. The fraction of sp³-hybridized carbons (Fsp3) is 0.458. The van der Waals surface area contributed by atoms with Crippen LogP contribution in [0.25, 0.3) is 16.6 Å². The molecular formula is C24H26F3N3O. The SMILES string of the molecule is COc1cc2c(C#N)c(C3=CC=CCN3[C@H](C)C(F)(F)F)n(C3CCCC3)c2cc1C. The zero-order valence-corrected chi connectivity index (χ0v) is 18.0. The molecule has 0 spiro atoms. The molecule has 1 aromatic carbocycles. The van der Waals surface area contributed by atoms with E-state index in [0.717, 1.165) is 42.1 Å². The number of nitriles is 1. The zero-order valence-electron chi connectivity index (χ0n) is 18.0. The van der Waals surface area contributed by atoms with Crippen LogP contribution < -0.4 is 4.74 Å². The molecule has 4 nitrogen and oxygen atoms in total. The van der Waals surface area contributed by atoms with Crippen LogP contribution >= 0.6 is 0 Å². The summed E-state index contributed by atoms with van der Waals surface area (Å²) in [6.07, 6.45) is 4.86. The minimum absolute atomic E-state index is 0.145. The number of aromatic nitrogens is 1. The topological polar surface area (TPSA) is 41.2 Å². The molecule has 31 heavy (non-hydrogen) atoms. The van der Waals surface area contributed by atoms with Crippen molar-refractivity contribution in [1.29, 1.82) is 5.26 Å². The number of nitrogens with zero attached hydrogens (tertiary/aromatic N) is 3. The molecule has 1 atom stereocenters. The largest absolute Gasteiger partial charge is 0.496 e. The number of rotatable bonds is 4. The summed E-state index contributed by atoms with van der Waals surface area (Å²) in [6.45, 7) is 3.26. The Morgan fingerprint density at radius 2 is 1.94 bits per heavy atom. The highest BCUT2D eigenvalue weighted by atomic mass is 19.4. The van der Waals surface area contributed by atoms with Crippen LogP contribution in [0.3, 0.4) is 0 Å². The first-order chi connectivity index (χ1) is 14.8. The van der Waals surface area contributed by atoms with Gasteiger partial charge in [0.25, 0.3) is 0 Å². The van der Waals surface area contributed by atoms with Crippen molar-refractivity contribution in [1.82, 2.24) is 9.47 Å². The maximum absolute atomic E-state index is 13.7. The van der Waals surface area contributed by atoms with Gasteiger partial charge in [-0.05, 0) is 50.5 Å². The van der Waals surface area contributed by atoms with Gasteiger partial charge < -0.3 is 14.2 Å². The van der Waals surface area contributed by atoms with Crippen LogP contribution in [-0.2, 0) is 0 Å². The average Bonchev–Trinajstić information content (AvgIpc) is 3.37. The van der Waals surface area contributed by atoms with E-state index in [-0.39, 0.29) is 12.6 Å². The van der Waals surface area contributed by atoms with E-state index < -0.39 is 12.2 Å². The highest BCUT2D eigenvalue weighted by molar-refractivity contribution is 5.94. The number of ether oxygens (including phenoxy) is 1. The first-order valence-electron chi connectivity index (χ1n) is 10.6. The molecule has 2 heterocycles. The second-order valence-electron chi connectivity index (χ2n) is 8.33. The Morgan fingerprint density at radius 1 is 1.23 bits per heavy atom. The average molecular weight is 429 g/mol. The Morgan fingerprint density at radius 3 is 2.55 bits per heavy atom. The van der Waals surface area contributed by atoms with Crippen molar-refractivity contribution in [3.05, 3.63) is 47.2 Å². The van der Waals surface area contributed by atoms with E-state index in [4.69, 9.17) is 4.74 Å².